The van der Waals surface area contributed by atoms with Gasteiger partial charge in [-0.1, -0.05) is 0 Å². The molecule has 1 fully saturated rings. The van der Waals surface area contributed by atoms with Crippen molar-refractivity contribution in [2.24, 2.45) is 0 Å². The van der Waals surface area contributed by atoms with Crippen molar-refractivity contribution in [3.63, 3.8) is 0 Å². The molecule has 1 rings (SSSR count). The van der Waals surface area contributed by atoms with Gasteiger partial charge in [-0.2, -0.15) is 0 Å². The molecular formula is C3H8Al2NOP. The molecule has 1 amide bonds. The smallest absolute Gasteiger partial charge is 0.366 e. The second kappa shape index (κ2) is 2.30. The minimum absolute atomic E-state index is 0.277. The highest BCUT2D eigenvalue weighted by atomic mass is 31.0. The highest BCUT2D eigenvalue weighted by molar-refractivity contribution is 7.20. The van der Waals surface area contributed by atoms with E-state index >= 15 is 0 Å². The molecule has 0 radical (unpaired) electrons. The predicted octanol–water partition coefficient (Wildman–Crippen LogP) is -2.42. The normalized spacial score (nSPS) is 37.1. The van der Waals surface area contributed by atoms with Gasteiger partial charge in [0.15, 0.2) is 0 Å². The average Bonchev–Trinajstić information content (AvgIpc) is 1.83. The molecular weight excluding hydrogens is 151 g/mol. The van der Waals surface area contributed by atoms with Gasteiger partial charge in [0.05, 0.1) is 5.66 Å². The van der Waals surface area contributed by atoms with Crippen molar-refractivity contribution in [3.8, 4) is 0 Å². The van der Waals surface area contributed by atoms with E-state index in [0.717, 1.165) is 32.8 Å². The Labute approximate surface area is 67.3 Å². The number of carbonyl (C=O) groups excluding carboxylic acids is 1. The van der Waals surface area contributed by atoms with Crippen LogP contribution in [0, 0.1) is 0 Å². The van der Waals surface area contributed by atoms with E-state index in [4.69, 9.17) is 0 Å². The summed E-state index contributed by atoms with van der Waals surface area (Å²) in [6.07, 6.45) is 0. The zero-order valence-corrected chi connectivity index (χ0v) is 10.2. The first-order valence-corrected chi connectivity index (χ1v) is 5.38. The van der Waals surface area contributed by atoms with E-state index in [0.29, 0.717) is 10.8 Å². The molecule has 1 aliphatic heterocycles. The summed E-state index contributed by atoms with van der Waals surface area (Å²) in [5.41, 5.74) is 0.277. The Morgan fingerprint density at radius 2 is 2.25 bits per heavy atom. The van der Waals surface area contributed by atoms with Crippen molar-refractivity contribution in [1.82, 2.24) is 3.88 Å². The Bertz CT molecular complexity index is 118. The molecule has 0 aromatic heterocycles. The predicted molar refractivity (Wildman–Crippen MR) is 41.2 cm³/mol. The van der Waals surface area contributed by atoms with Crippen LogP contribution < -0.4 is 0 Å². The van der Waals surface area contributed by atoms with E-state index in [1.165, 1.54) is 0 Å². The minimum Gasteiger partial charge on any atom is -0.448 e. The third kappa shape index (κ3) is 0.861. The number of carbonyl (C=O) groups is 1. The first-order chi connectivity index (χ1) is 3.64. The molecule has 0 N–H and O–H groups in total. The molecule has 0 bridgehead atoms. The maximum Gasteiger partial charge on any atom is 0.366 e. The second-order valence-corrected chi connectivity index (χ2v) is 5.08. The number of β-lactam (4-membered cyclic amide) rings is 1. The summed E-state index contributed by atoms with van der Waals surface area (Å²) in [7, 11) is 2.59. The zero-order chi connectivity index (χ0) is 6.31. The van der Waals surface area contributed by atoms with Gasteiger partial charge in [0, 0.05) is 0 Å². The maximum absolute atomic E-state index is 10.7. The van der Waals surface area contributed by atoms with Gasteiger partial charge in [-0.3, -0.25) is 4.79 Å². The molecule has 1 aliphatic rings. The van der Waals surface area contributed by atoms with Crippen molar-refractivity contribution in [3.05, 3.63) is 0 Å². The number of nitrogens with zero attached hydrogens (tertiary/aromatic N) is 1. The van der Waals surface area contributed by atoms with E-state index in [9.17, 15) is 4.79 Å². The van der Waals surface area contributed by atoms with Gasteiger partial charge in [0.1, 0.15) is 0 Å². The van der Waals surface area contributed by atoms with Crippen LogP contribution >= 0.6 is 9.24 Å². The summed E-state index contributed by atoms with van der Waals surface area (Å²) in [4.78, 5) is 11.4. The highest BCUT2D eigenvalue weighted by Crippen LogP contribution is 2.21. The largest absolute Gasteiger partial charge is 0.448 e. The SMILES string of the molecule is O=C1C(P)[CH]([AlH2])[N]1[AlH2]. The standard InChI is InChI=1S/C3H4NOP.2Al.4H/c5-3-2(6)1-4-3;;;;;;/h1-2H,6H2;;;;;;/q-1;;+1;;;;. The maximum atomic E-state index is 10.7. The molecule has 8 heavy (non-hydrogen) atoms. The van der Waals surface area contributed by atoms with Crippen LogP contribution in [0.15, 0.2) is 0 Å². The van der Waals surface area contributed by atoms with Crippen LogP contribution in [0.3, 0.4) is 0 Å². The Kier molecular flexibility index (Phi) is 2.03. The average molecular weight is 159 g/mol. The fourth-order valence-electron chi connectivity index (χ4n) is 0.801. The van der Waals surface area contributed by atoms with Crippen molar-refractivity contribution in [1.29, 1.82) is 0 Å². The fraction of sp³-hybridized carbons (Fsp3) is 0.667. The lowest BCUT2D eigenvalue weighted by molar-refractivity contribution is -0.133. The lowest BCUT2D eigenvalue weighted by atomic mass is 10.2. The molecule has 3 unspecified atom stereocenters. The third-order valence-electron chi connectivity index (χ3n) is 1.76. The summed E-state index contributed by atoms with van der Waals surface area (Å²) in [6.45, 7) is 0. The molecule has 0 aromatic rings. The molecule has 1 saturated heterocycles. The van der Waals surface area contributed by atoms with E-state index in [1.54, 1.807) is 0 Å². The quantitative estimate of drug-likeness (QED) is 0.219. The number of hydrogen-bond acceptors (Lipinski definition) is 1. The zero-order valence-electron chi connectivity index (χ0n) is 5.09. The molecule has 2 nitrogen and oxygen atoms in total. The molecule has 0 aromatic carbocycles. The van der Waals surface area contributed by atoms with E-state index < -0.39 is 0 Å². The molecule has 1 heterocycles. The van der Waals surface area contributed by atoms with Gasteiger partial charge in [-0.25, -0.2) is 0 Å². The molecule has 3 atom stereocenters. The first kappa shape index (κ1) is 7.08. The summed E-state index contributed by atoms with van der Waals surface area (Å²) in [5, 5.41) is 0. The lowest BCUT2D eigenvalue weighted by Crippen LogP contribution is -2.60. The Morgan fingerprint density at radius 1 is 1.75 bits per heavy atom. The van der Waals surface area contributed by atoms with Crippen molar-refractivity contribution in [2.75, 3.05) is 0 Å². The minimum atomic E-state index is 0.277. The van der Waals surface area contributed by atoms with Gasteiger partial charge in [-0.05, 0) is 4.90 Å². The van der Waals surface area contributed by atoms with E-state index in [-0.39, 0.29) is 5.66 Å². The van der Waals surface area contributed by atoms with Gasteiger partial charge in [0.25, 0.3) is 0 Å². The van der Waals surface area contributed by atoms with Gasteiger partial charge >= 0.3 is 16.5 Å². The van der Waals surface area contributed by atoms with Crippen LogP contribution in [0.4, 0.5) is 0 Å². The van der Waals surface area contributed by atoms with Gasteiger partial charge < -0.3 is 3.88 Å². The van der Waals surface area contributed by atoms with Crippen LogP contribution in [0.25, 0.3) is 0 Å². The summed E-state index contributed by atoms with van der Waals surface area (Å²) < 4.78 is 1.95. The van der Waals surface area contributed by atoms with E-state index in [1.807, 2.05) is 3.88 Å². The third-order valence-corrected chi connectivity index (χ3v) is 7.16. The van der Waals surface area contributed by atoms with Crippen LogP contribution in [0.2, 0.25) is 0 Å². The summed E-state index contributed by atoms with van der Waals surface area (Å²) in [6, 6.07) is 0. The van der Waals surface area contributed by atoms with Crippen LogP contribution in [-0.4, -0.2) is 53.2 Å². The second-order valence-electron chi connectivity index (χ2n) is 2.22. The first-order valence-electron chi connectivity index (χ1n) is 2.67. The van der Waals surface area contributed by atoms with Crippen molar-refractivity contribution in [2.45, 2.75) is 10.6 Å². The fourth-order valence-corrected chi connectivity index (χ4v) is 3.10. The lowest BCUT2D eigenvalue weighted by Gasteiger charge is -2.43. The molecule has 0 saturated carbocycles. The Morgan fingerprint density at radius 3 is 2.38 bits per heavy atom. The molecule has 42 valence electrons. The van der Waals surface area contributed by atoms with E-state index in [2.05, 4.69) is 9.24 Å². The van der Waals surface area contributed by atoms with Crippen molar-refractivity contribution < 1.29 is 4.79 Å². The summed E-state index contributed by atoms with van der Waals surface area (Å²) >= 11 is 2.05. The highest BCUT2D eigenvalue weighted by Gasteiger charge is 2.35. The monoisotopic (exact) mass is 159 g/mol. The van der Waals surface area contributed by atoms with Gasteiger partial charge in [-0.15, -0.1) is 9.24 Å². The van der Waals surface area contributed by atoms with Crippen LogP contribution in [0.5, 0.6) is 0 Å². The van der Waals surface area contributed by atoms with Crippen LogP contribution in [-0.2, 0) is 4.79 Å². The van der Waals surface area contributed by atoms with Crippen molar-refractivity contribution >= 4 is 47.9 Å². The number of hydrogen-bond donors (Lipinski definition) is 0. The Hall–Kier alpha value is 0.965. The molecule has 0 aliphatic carbocycles. The molecule has 5 heteroatoms. The van der Waals surface area contributed by atoms with Crippen LogP contribution in [0.1, 0.15) is 0 Å². The number of amides is 1. The Balaban J connectivity index is 2.55. The topological polar surface area (TPSA) is 20.3 Å². The number of rotatable bonds is 0. The molecule has 0 spiro atoms. The van der Waals surface area contributed by atoms with Gasteiger partial charge in [0.2, 0.25) is 22.2 Å². The summed E-state index contributed by atoms with van der Waals surface area (Å²) in [5.74, 6) is 0.335.